The first-order valence-corrected chi connectivity index (χ1v) is 4.16. The smallest absolute Gasteiger partial charge is 0.150 e. The third-order valence-corrected chi connectivity index (χ3v) is 2.86. The summed E-state index contributed by atoms with van der Waals surface area (Å²) in [5.41, 5.74) is 3.38. The van der Waals surface area contributed by atoms with Gasteiger partial charge in [-0.25, -0.2) is 0 Å². The molecule has 1 N–H and O–H groups in total. The molecule has 0 aromatic heterocycles. The van der Waals surface area contributed by atoms with Gasteiger partial charge in [0.05, 0.1) is 0 Å². The van der Waals surface area contributed by atoms with Crippen LogP contribution in [-0.4, -0.2) is 31.2 Å². The van der Waals surface area contributed by atoms with Crippen LogP contribution in [0.5, 0.6) is 0 Å². The summed E-state index contributed by atoms with van der Waals surface area (Å²) >= 11 is 0. The van der Waals surface area contributed by atoms with Crippen molar-refractivity contribution in [3.8, 4) is 0 Å². The van der Waals surface area contributed by atoms with Gasteiger partial charge >= 0.3 is 0 Å². The van der Waals surface area contributed by atoms with Crippen LogP contribution in [0.4, 0.5) is 0 Å². The van der Waals surface area contributed by atoms with Gasteiger partial charge in [-0.1, -0.05) is 5.01 Å². The second-order valence-corrected chi connectivity index (χ2v) is 3.88. The fraction of sp³-hybridized carbons (Fsp3) is 1.00. The van der Waals surface area contributed by atoms with Gasteiger partial charge in [0.15, 0.2) is 0 Å². The average molecular weight is 139 g/mol. The van der Waals surface area contributed by atoms with Crippen molar-refractivity contribution >= 4 is 0 Å². The summed E-state index contributed by atoms with van der Waals surface area (Å²) in [7, 11) is 0. The van der Waals surface area contributed by atoms with Gasteiger partial charge in [0.25, 0.3) is 0 Å². The van der Waals surface area contributed by atoms with Crippen molar-refractivity contribution in [2.45, 2.75) is 6.42 Å². The molecule has 1 radical (unpaired) electrons. The lowest BCUT2D eigenvalue weighted by Gasteiger charge is -2.46. The quantitative estimate of drug-likeness (QED) is 0.457. The highest BCUT2D eigenvalue weighted by Crippen LogP contribution is 2.29. The zero-order valence-corrected chi connectivity index (χ0v) is 6.08. The first kappa shape index (κ1) is 5.52. The fourth-order valence-corrected chi connectivity index (χ4v) is 2.64. The Labute approximate surface area is 60.9 Å². The first-order valence-electron chi connectivity index (χ1n) is 4.16. The van der Waals surface area contributed by atoms with Gasteiger partial charge < -0.3 is 0 Å². The number of hydrogen-bond acceptors (Lipinski definition) is 3. The van der Waals surface area contributed by atoms with E-state index >= 15 is 0 Å². The van der Waals surface area contributed by atoms with Crippen LogP contribution in [0.3, 0.4) is 0 Å². The summed E-state index contributed by atoms with van der Waals surface area (Å²) in [4.78, 5) is 0. The van der Waals surface area contributed by atoms with Crippen molar-refractivity contribution < 1.29 is 0 Å². The van der Waals surface area contributed by atoms with E-state index in [1.165, 1.54) is 32.6 Å². The molecule has 10 heavy (non-hydrogen) atoms. The molecule has 4 heterocycles. The Hall–Kier alpha value is -0.120. The molecule has 0 aliphatic carbocycles. The number of piperidine rings is 2. The van der Waals surface area contributed by atoms with Crippen LogP contribution in [0.25, 0.3) is 0 Å². The highest BCUT2D eigenvalue weighted by molar-refractivity contribution is 4.91. The largest absolute Gasteiger partial charge is 0.194 e. The number of nitrogens with one attached hydrogen (secondary N) is 1. The highest BCUT2D eigenvalue weighted by atomic mass is 15.8. The average Bonchev–Trinajstić information content (AvgIpc) is 1.82. The molecule has 3 heteroatoms. The number of hydrazine groups is 2. The normalized spacial score (nSPS) is 57.6. The summed E-state index contributed by atoms with van der Waals surface area (Å²) in [6.07, 6.45) is 1.48. The molecule has 0 saturated carbocycles. The molecular weight excluding hydrogens is 126 g/mol. The third-order valence-electron chi connectivity index (χ3n) is 2.86. The van der Waals surface area contributed by atoms with Crippen LogP contribution >= 0.6 is 0 Å². The van der Waals surface area contributed by atoms with Crippen molar-refractivity contribution in [1.82, 2.24) is 15.6 Å². The van der Waals surface area contributed by atoms with Crippen molar-refractivity contribution in [2.24, 2.45) is 11.8 Å². The summed E-state index contributed by atoms with van der Waals surface area (Å²) in [6.45, 7) is 5.14. The lowest BCUT2D eigenvalue weighted by Crippen LogP contribution is -2.71. The maximum atomic E-state index is 3.38. The van der Waals surface area contributed by atoms with Crippen molar-refractivity contribution in [3.63, 3.8) is 0 Å². The Bertz CT molecular complexity index is 100. The van der Waals surface area contributed by atoms with E-state index in [1.807, 2.05) is 0 Å². The van der Waals surface area contributed by atoms with E-state index in [0.717, 1.165) is 11.8 Å². The van der Waals surface area contributed by atoms with E-state index in [1.54, 1.807) is 0 Å². The van der Waals surface area contributed by atoms with Gasteiger partial charge in [0, 0.05) is 24.9 Å². The standard InChI is InChI=1S/C7H13N3/c1-6-2-9-4-7(1)5-10(3-6)8-9/h6-8H,1-5H2/q+1. The van der Waals surface area contributed by atoms with Crippen molar-refractivity contribution in [2.75, 3.05) is 26.2 Å². The molecule has 4 aliphatic heterocycles. The van der Waals surface area contributed by atoms with Gasteiger partial charge in [0.2, 0.25) is 0 Å². The Morgan fingerprint density at radius 3 is 2.40 bits per heavy atom. The van der Waals surface area contributed by atoms with E-state index in [9.17, 15) is 0 Å². The summed E-state index contributed by atoms with van der Waals surface area (Å²) in [5, 5.41) is 4.73. The molecular formula is C7H13N3+. The van der Waals surface area contributed by atoms with Gasteiger partial charge in [-0.3, -0.25) is 0 Å². The minimum atomic E-state index is 0.966. The van der Waals surface area contributed by atoms with Gasteiger partial charge in [-0.15, -0.1) is 0 Å². The lowest BCUT2D eigenvalue weighted by atomic mass is 9.85. The van der Waals surface area contributed by atoms with Crippen LogP contribution in [0.1, 0.15) is 6.42 Å². The van der Waals surface area contributed by atoms with Crippen molar-refractivity contribution in [3.05, 3.63) is 0 Å². The van der Waals surface area contributed by atoms with Gasteiger partial charge in [-0.2, -0.15) is 5.01 Å². The molecule has 0 amide bonds. The number of nitrogens with zero attached hydrogens (tertiary/aromatic N) is 2. The van der Waals surface area contributed by atoms with E-state index in [4.69, 9.17) is 0 Å². The van der Waals surface area contributed by atoms with Crippen LogP contribution in [-0.2, 0) is 0 Å². The molecule has 0 atom stereocenters. The molecule has 0 aromatic rings. The molecule has 55 valence electrons. The maximum absolute atomic E-state index is 3.38. The minimum absolute atomic E-state index is 0.966. The molecule has 4 fully saturated rings. The molecule has 0 aromatic carbocycles. The highest BCUT2D eigenvalue weighted by Gasteiger charge is 2.46. The SMILES string of the molecule is C1C2CN3CC1C[N+](C2)N3. The molecule has 4 saturated heterocycles. The van der Waals surface area contributed by atoms with E-state index in [2.05, 4.69) is 15.6 Å². The van der Waals surface area contributed by atoms with E-state index in [-0.39, 0.29) is 0 Å². The van der Waals surface area contributed by atoms with Gasteiger partial charge in [0.1, 0.15) is 13.1 Å². The fourth-order valence-electron chi connectivity index (χ4n) is 2.64. The third kappa shape index (κ3) is 0.654. The van der Waals surface area contributed by atoms with Crippen LogP contribution in [0.2, 0.25) is 0 Å². The van der Waals surface area contributed by atoms with Gasteiger partial charge in [-0.05, 0) is 12.0 Å². The predicted octanol–water partition coefficient (Wildman–Crippen LogP) is -0.489. The predicted molar refractivity (Wildman–Crippen MR) is 38.2 cm³/mol. The van der Waals surface area contributed by atoms with Crippen LogP contribution in [0.15, 0.2) is 0 Å². The topological polar surface area (TPSA) is 21.2 Å². The molecule has 4 aliphatic rings. The zero-order valence-electron chi connectivity index (χ0n) is 6.08. The summed E-state index contributed by atoms with van der Waals surface area (Å²) in [5.74, 6) is 1.93. The minimum Gasteiger partial charge on any atom is -0.194 e. The van der Waals surface area contributed by atoms with Crippen molar-refractivity contribution in [1.29, 1.82) is 0 Å². The Kier molecular flexibility index (Phi) is 0.952. The second kappa shape index (κ2) is 1.72. The maximum Gasteiger partial charge on any atom is 0.150 e. The monoisotopic (exact) mass is 139 g/mol. The molecule has 4 bridgehead atoms. The zero-order chi connectivity index (χ0) is 6.55. The van der Waals surface area contributed by atoms with Crippen LogP contribution < -0.4 is 10.5 Å². The number of hydrogen-bond donors (Lipinski definition) is 1. The molecule has 0 spiro atoms. The number of rotatable bonds is 0. The van der Waals surface area contributed by atoms with E-state index in [0.29, 0.717) is 0 Å². The second-order valence-electron chi connectivity index (χ2n) is 3.88. The summed E-state index contributed by atoms with van der Waals surface area (Å²) in [6, 6.07) is 0. The lowest BCUT2D eigenvalue weighted by molar-refractivity contribution is -0.0881. The Morgan fingerprint density at radius 1 is 1.20 bits per heavy atom. The molecule has 4 rings (SSSR count). The molecule has 3 nitrogen and oxygen atoms in total. The van der Waals surface area contributed by atoms with E-state index < -0.39 is 0 Å². The summed E-state index contributed by atoms with van der Waals surface area (Å²) < 4.78 is 0. The van der Waals surface area contributed by atoms with Crippen LogP contribution in [0, 0.1) is 11.8 Å². The molecule has 0 unspecified atom stereocenters. The Balaban J connectivity index is 1.90. The first-order chi connectivity index (χ1) is 4.90. The Morgan fingerprint density at radius 2 is 1.90 bits per heavy atom.